The van der Waals surface area contributed by atoms with Crippen molar-refractivity contribution in [3.05, 3.63) is 51.2 Å². The zero-order valence-electron chi connectivity index (χ0n) is 11.8. The van der Waals surface area contributed by atoms with Crippen LogP contribution in [0.4, 0.5) is 4.39 Å². The third-order valence-corrected chi connectivity index (χ3v) is 4.48. The predicted octanol–water partition coefficient (Wildman–Crippen LogP) is 3.01. The number of aromatic carboxylic acids is 1. The van der Waals surface area contributed by atoms with Crippen LogP contribution < -0.4 is 0 Å². The van der Waals surface area contributed by atoms with Crippen molar-refractivity contribution in [1.29, 1.82) is 0 Å². The highest BCUT2D eigenvalue weighted by Crippen LogP contribution is 2.26. The monoisotopic (exact) mass is 318 g/mol. The molecule has 3 aromatic rings. The number of carbonyl (C=O) groups excluding carboxylic acids is 1. The molecule has 0 amide bonds. The van der Waals surface area contributed by atoms with Gasteiger partial charge in [0.2, 0.25) is 5.78 Å². The van der Waals surface area contributed by atoms with Gasteiger partial charge in [-0.2, -0.15) is 0 Å². The van der Waals surface area contributed by atoms with Gasteiger partial charge in [-0.25, -0.2) is 14.2 Å². The quantitative estimate of drug-likeness (QED) is 0.754. The summed E-state index contributed by atoms with van der Waals surface area (Å²) >= 11 is 0.790. The number of aromatic nitrogens is 2. The fourth-order valence-electron chi connectivity index (χ4n) is 2.30. The molecule has 0 aliphatic rings. The van der Waals surface area contributed by atoms with E-state index in [1.165, 1.54) is 0 Å². The molecule has 0 unspecified atom stereocenters. The minimum absolute atomic E-state index is 0.114. The number of ketones is 1. The number of halogens is 1. The summed E-state index contributed by atoms with van der Waals surface area (Å²) in [6, 6.07) is 4.93. The van der Waals surface area contributed by atoms with Crippen molar-refractivity contribution in [2.24, 2.45) is 7.05 Å². The van der Waals surface area contributed by atoms with E-state index in [4.69, 9.17) is 5.11 Å². The van der Waals surface area contributed by atoms with E-state index in [1.807, 2.05) is 18.5 Å². The van der Waals surface area contributed by atoms with Crippen LogP contribution in [0.5, 0.6) is 0 Å². The average Bonchev–Trinajstić information content (AvgIpc) is 2.99. The van der Waals surface area contributed by atoms with Crippen LogP contribution in [-0.4, -0.2) is 26.4 Å². The maximum absolute atomic E-state index is 13.5. The van der Waals surface area contributed by atoms with Crippen LogP contribution >= 0.6 is 11.3 Å². The second-order valence-corrected chi connectivity index (χ2v) is 5.72. The largest absolute Gasteiger partial charge is 0.478 e. The van der Waals surface area contributed by atoms with Crippen molar-refractivity contribution in [1.82, 2.24) is 9.55 Å². The van der Waals surface area contributed by atoms with Gasteiger partial charge >= 0.3 is 5.97 Å². The van der Waals surface area contributed by atoms with Gasteiger partial charge in [0.25, 0.3) is 0 Å². The van der Waals surface area contributed by atoms with E-state index in [0.29, 0.717) is 5.52 Å². The van der Waals surface area contributed by atoms with Crippen LogP contribution in [0.2, 0.25) is 0 Å². The first-order chi connectivity index (χ1) is 10.4. The van der Waals surface area contributed by atoms with Crippen LogP contribution in [0, 0.1) is 12.7 Å². The molecule has 0 aliphatic carbocycles. The fraction of sp³-hybridized carbons (Fsp3) is 0.133. The summed E-state index contributed by atoms with van der Waals surface area (Å²) in [5.41, 5.74) is 1.21. The second kappa shape index (κ2) is 5.03. The van der Waals surface area contributed by atoms with Gasteiger partial charge in [-0.05, 0) is 25.1 Å². The Bertz CT molecular complexity index is 926. The smallest absolute Gasteiger partial charge is 0.340 e. The van der Waals surface area contributed by atoms with Crippen molar-refractivity contribution < 1.29 is 19.1 Å². The summed E-state index contributed by atoms with van der Waals surface area (Å²) in [6.45, 7) is 1.85. The zero-order chi connectivity index (χ0) is 16.0. The van der Waals surface area contributed by atoms with Crippen molar-refractivity contribution in [3.63, 3.8) is 0 Å². The number of carboxylic acids is 1. The molecule has 5 nitrogen and oxygen atoms in total. The Labute approximate surface area is 128 Å². The first kappa shape index (κ1) is 14.4. The Morgan fingerprint density at radius 1 is 1.36 bits per heavy atom. The highest BCUT2D eigenvalue weighted by Gasteiger charge is 2.24. The first-order valence-corrected chi connectivity index (χ1v) is 7.26. The van der Waals surface area contributed by atoms with Crippen molar-refractivity contribution in [2.45, 2.75) is 6.92 Å². The SMILES string of the molecule is Cc1nc2cc(C(=O)c3scc(F)c3C(=O)O)ccc2n1C. The summed E-state index contributed by atoms with van der Waals surface area (Å²) in [4.78, 5) is 27.8. The predicted molar refractivity (Wildman–Crippen MR) is 80.1 cm³/mol. The number of fused-ring (bicyclic) bond motifs is 1. The van der Waals surface area contributed by atoms with E-state index < -0.39 is 23.1 Å². The Hall–Kier alpha value is -2.54. The van der Waals surface area contributed by atoms with E-state index in [9.17, 15) is 14.0 Å². The van der Waals surface area contributed by atoms with Gasteiger partial charge in [0.15, 0.2) is 0 Å². The van der Waals surface area contributed by atoms with Crippen LogP contribution in [0.1, 0.15) is 31.4 Å². The van der Waals surface area contributed by atoms with Gasteiger partial charge in [-0.3, -0.25) is 4.79 Å². The molecule has 112 valence electrons. The fourth-order valence-corrected chi connectivity index (χ4v) is 3.16. The molecule has 3 rings (SSSR count). The molecule has 7 heteroatoms. The van der Waals surface area contributed by atoms with E-state index in [-0.39, 0.29) is 10.4 Å². The topological polar surface area (TPSA) is 72.2 Å². The molecular formula is C15H11FN2O3S. The van der Waals surface area contributed by atoms with Crippen LogP contribution in [0.3, 0.4) is 0 Å². The molecule has 0 radical (unpaired) electrons. The number of benzene rings is 1. The molecule has 0 atom stereocenters. The van der Waals surface area contributed by atoms with Crippen molar-refractivity contribution in [3.8, 4) is 0 Å². The first-order valence-electron chi connectivity index (χ1n) is 6.38. The lowest BCUT2D eigenvalue weighted by atomic mass is 10.1. The van der Waals surface area contributed by atoms with E-state index in [1.54, 1.807) is 18.2 Å². The number of rotatable bonds is 3. The number of hydrogen-bond donors (Lipinski definition) is 1. The number of nitrogens with zero attached hydrogens (tertiary/aromatic N) is 2. The summed E-state index contributed by atoms with van der Waals surface area (Å²) in [6.07, 6.45) is 0. The lowest BCUT2D eigenvalue weighted by Gasteiger charge is -2.01. The highest BCUT2D eigenvalue weighted by molar-refractivity contribution is 7.12. The Kier molecular flexibility index (Phi) is 3.29. The number of thiophene rings is 1. The molecular weight excluding hydrogens is 307 g/mol. The molecule has 0 fully saturated rings. The third-order valence-electron chi connectivity index (χ3n) is 3.53. The van der Waals surface area contributed by atoms with Gasteiger partial charge in [-0.1, -0.05) is 0 Å². The van der Waals surface area contributed by atoms with Gasteiger partial charge in [0.05, 0.1) is 15.9 Å². The molecule has 0 saturated carbocycles. The maximum Gasteiger partial charge on any atom is 0.340 e. The summed E-state index contributed by atoms with van der Waals surface area (Å²) < 4.78 is 15.4. The maximum atomic E-state index is 13.5. The molecule has 0 bridgehead atoms. The lowest BCUT2D eigenvalue weighted by Crippen LogP contribution is -2.07. The minimum atomic E-state index is -1.45. The number of hydrogen-bond acceptors (Lipinski definition) is 4. The molecule has 0 aliphatic heterocycles. The van der Waals surface area contributed by atoms with E-state index in [2.05, 4.69) is 4.98 Å². The van der Waals surface area contributed by atoms with Crippen LogP contribution in [0.25, 0.3) is 11.0 Å². The molecule has 1 aromatic carbocycles. The molecule has 2 aromatic heterocycles. The van der Waals surface area contributed by atoms with Crippen LogP contribution in [-0.2, 0) is 7.05 Å². The molecule has 22 heavy (non-hydrogen) atoms. The Morgan fingerprint density at radius 3 is 2.77 bits per heavy atom. The molecule has 1 N–H and O–H groups in total. The summed E-state index contributed by atoms with van der Waals surface area (Å²) in [5, 5.41) is 10.1. The standard InChI is InChI=1S/C15H11FN2O3S/c1-7-17-10-5-8(3-4-11(10)18(7)2)13(19)14-12(15(20)21)9(16)6-22-14/h3-6H,1-2H3,(H,20,21). The van der Waals surface area contributed by atoms with Gasteiger partial charge in [0, 0.05) is 18.0 Å². The van der Waals surface area contributed by atoms with E-state index >= 15 is 0 Å². The van der Waals surface area contributed by atoms with Crippen molar-refractivity contribution >= 4 is 34.1 Å². The summed E-state index contributed by atoms with van der Waals surface area (Å²) in [5.74, 6) is -2.06. The minimum Gasteiger partial charge on any atom is -0.478 e. The van der Waals surface area contributed by atoms with Gasteiger partial charge in [-0.15, -0.1) is 11.3 Å². The summed E-state index contributed by atoms with van der Waals surface area (Å²) in [7, 11) is 1.86. The number of carbonyl (C=O) groups is 2. The average molecular weight is 318 g/mol. The normalized spacial score (nSPS) is 11.0. The Balaban J connectivity index is 2.11. The number of imidazole rings is 1. The highest BCUT2D eigenvalue weighted by atomic mass is 32.1. The molecule has 0 saturated heterocycles. The Morgan fingerprint density at radius 2 is 2.09 bits per heavy atom. The van der Waals surface area contributed by atoms with Gasteiger partial charge < -0.3 is 9.67 Å². The van der Waals surface area contributed by atoms with E-state index in [0.717, 1.165) is 28.1 Å². The van der Waals surface area contributed by atoms with Crippen LogP contribution in [0.15, 0.2) is 23.6 Å². The third kappa shape index (κ3) is 2.10. The molecule has 0 spiro atoms. The lowest BCUT2D eigenvalue weighted by molar-refractivity contribution is 0.0689. The number of carboxylic acid groups (broad SMARTS) is 1. The molecule has 2 heterocycles. The van der Waals surface area contributed by atoms with Gasteiger partial charge in [0.1, 0.15) is 17.2 Å². The number of aryl methyl sites for hydroxylation is 2. The van der Waals surface area contributed by atoms with Crippen molar-refractivity contribution in [2.75, 3.05) is 0 Å². The zero-order valence-corrected chi connectivity index (χ0v) is 12.6. The second-order valence-electron chi connectivity index (χ2n) is 4.84.